The van der Waals surface area contributed by atoms with E-state index in [1.165, 1.54) is 4.31 Å². The van der Waals surface area contributed by atoms with Crippen LogP contribution < -0.4 is 0 Å². The highest BCUT2D eigenvalue weighted by molar-refractivity contribution is 9.10. The average molecular weight is 459 g/mol. The molecule has 3 aromatic carbocycles. The van der Waals surface area contributed by atoms with Crippen molar-refractivity contribution in [2.24, 2.45) is 0 Å². The van der Waals surface area contributed by atoms with Crippen LogP contribution in [0.2, 0.25) is 0 Å². The van der Waals surface area contributed by atoms with Crippen LogP contribution in [0.1, 0.15) is 10.4 Å². The van der Waals surface area contributed by atoms with E-state index in [9.17, 15) is 13.2 Å². The van der Waals surface area contributed by atoms with E-state index in [2.05, 4.69) is 15.9 Å². The van der Waals surface area contributed by atoms with Crippen LogP contribution in [-0.4, -0.2) is 49.7 Å². The number of nitrogens with zero attached hydrogens (tertiary/aromatic N) is 2. The van der Waals surface area contributed by atoms with Crippen molar-refractivity contribution in [2.45, 2.75) is 4.90 Å². The Hall–Kier alpha value is -2.22. The number of hydrogen-bond acceptors (Lipinski definition) is 3. The van der Waals surface area contributed by atoms with Gasteiger partial charge in [-0.2, -0.15) is 4.31 Å². The molecule has 1 heterocycles. The Kier molecular flexibility index (Phi) is 5.23. The quantitative estimate of drug-likeness (QED) is 0.600. The second-order valence-corrected chi connectivity index (χ2v) is 9.57. The molecular formula is C21H19BrN2O3S. The zero-order chi connectivity index (χ0) is 19.7. The standard InChI is InChI=1S/C21H19BrN2O3S/c22-19-7-3-6-18(14-19)21(25)23-10-12-24(13-11-23)28(26,27)20-9-8-16-4-1-2-5-17(16)15-20/h1-9,14-15H,10-13H2. The molecule has 0 saturated carbocycles. The highest BCUT2D eigenvalue weighted by Gasteiger charge is 2.30. The summed E-state index contributed by atoms with van der Waals surface area (Å²) >= 11 is 3.37. The Morgan fingerprint density at radius 3 is 2.25 bits per heavy atom. The van der Waals surface area contributed by atoms with Crippen LogP contribution in [0.4, 0.5) is 0 Å². The van der Waals surface area contributed by atoms with Crippen LogP contribution >= 0.6 is 15.9 Å². The molecule has 1 aliphatic heterocycles. The first-order valence-corrected chi connectivity index (χ1v) is 11.2. The van der Waals surface area contributed by atoms with E-state index < -0.39 is 10.0 Å². The monoisotopic (exact) mass is 458 g/mol. The number of halogens is 1. The molecule has 1 amide bonds. The smallest absolute Gasteiger partial charge is 0.253 e. The van der Waals surface area contributed by atoms with Gasteiger partial charge in [-0.1, -0.05) is 52.3 Å². The van der Waals surface area contributed by atoms with Crippen LogP contribution in [-0.2, 0) is 10.0 Å². The summed E-state index contributed by atoms with van der Waals surface area (Å²) in [6, 6.07) is 20.1. The zero-order valence-electron chi connectivity index (χ0n) is 15.1. The van der Waals surface area contributed by atoms with Crippen molar-refractivity contribution in [1.29, 1.82) is 0 Å². The molecule has 0 radical (unpaired) electrons. The second-order valence-electron chi connectivity index (χ2n) is 6.72. The highest BCUT2D eigenvalue weighted by Crippen LogP contribution is 2.23. The molecule has 0 unspecified atom stereocenters. The summed E-state index contributed by atoms with van der Waals surface area (Å²) in [5.74, 6) is -0.0796. The van der Waals surface area contributed by atoms with Gasteiger partial charge in [0, 0.05) is 36.2 Å². The summed E-state index contributed by atoms with van der Waals surface area (Å²) in [7, 11) is -3.59. The Labute approximate surface area is 172 Å². The minimum Gasteiger partial charge on any atom is -0.336 e. The van der Waals surface area contributed by atoms with Crippen molar-refractivity contribution < 1.29 is 13.2 Å². The number of amides is 1. The lowest BCUT2D eigenvalue weighted by atomic mass is 10.1. The highest BCUT2D eigenvalue weighted by atomic mass is 79.9. The Bertz CT molecular complexity index is 1140. The largest absolute Gasteiger partial charge is 0.336 e. The number of rotatable bonds is 3. The van der Waals surface area contributed by atoms with E-state index in [1.54, 1.807) is 29.2 Å². The maximum Gasteiger partial charge on any atom is 0.253 e. The topological polar surface area (TPSA) is 57.7 Å². The van der Waals surface area contributed by atoms with Gasteiger partial charge in [0.15, 0.2) is 0 Å². The lowest BCUT2D eigenvalue weighted by molar-refractivity contribution is 0.0698. The van der Waals surface area contributed by atoms with Gasteiger partial charge in [0.05, 0.1) is 4.90 Å². The fourth-order valence-electron chi connectivity index (χ4n) is 3.41. The third-order valence-corrected chi connectivity index (χ3v) is 7.34. The van der Waals surface area contributed by atoms with Gasteiger partial charge in [-0.15, -0.1) is 0 Å². The van der Waals surface area contributed by atoms with Crippen molar-refractivity contribution >= 4 is 42.6 Å². The molecule has 28 heavy (non-hydrogen) atoms. The minimum atomic E-state index is -3.59. The van der Waals surface area contributed by atoms with Crippen molar-refractivity contribution in [3.8, 4) is 0 Å². The first kappa shape index (κ1) is 19.1. The molecule has 1 saturated heterocycles. The van der Waals surface area contributed by atoms with Gasteiger partial charge < -0.3 is 4.90 Å². The summed E-state index contributed by atoms with van der Waals surface area (Å²) in [6.07, 6.45) is 0. The Balaban J connectivity index is 1.49. The maximum absolute atomic E-state index is 13.0. The molecular weight excluding hydrogens is 440 g/mol. The van der Waals surface area contributed by atoms with Gasteiger partial charge in [-0.3, -0.25) is 4.79 Å². The lowest BCUT2D eigenvalue weighted by Crippen LogP contribution is -2.50. The van der Waals surface area contributed by atoms with Crippen LogP contribution in [0.25, 0.3) is 10.8 Å². The zero-order valence-corrected chi connectivity index (χ0v) is 17.5. The SMILES string of the molecule is O=C(c1cccc(Br)c1)N1CCN(S(=O)(=O)c2ccc3ccccc3c2)CC1. The van der Waals surface area contributed by atoms with Crippen molar-refractivity contribution in [3.05, 3.63) is 76.8 Å². The third kappa shape index (κ3) is 3.70. The van der Waals surface area contributed by atoms with E-state index in [4.69, 9.17) is 0 Å². The summed E-state index contributed by atoms with van der Waals surface area (Å²) in [5.41, 5.74) is 0.597. The number of hydrogen-bond donors (Lipinski definition) is 0. The van der Waals surface area contributed by atoms with Gasteiger partial charge in [0.2, 0.25) is 10.0 Å². The number of benzene rings is 3. The molecule has 7 heteroatoms. The maximum atomic E-state index is 13.0. The van der Waals surface area contributed by atoms with E-state index in [0.717, 1.165) is 15.2 Å². The molecule has 0 N–H and O–H groups in total. The summed E-state index contributed by atoms with van der Waals surface area (Å²) in [6.45, 7) is 1.32. The van der Waals surface area contributed by atoms with E-state index in [-0.39, 0.29) is 23.9 Å². The summed E-state index contributed by atoms with van der Waals surface area (Å²) in [4.78, 5) is 14.7. The van der Waals surface area contributed by atoms with Crippen LogP contribution in [0, 0.1) is 0 Å². The number of carbonyl (C=O) groups is 1. The van der Waals surface area contributed by atoms with E-state index in [0.29, 0.717) is 18.7 Å². The summed E-state index contributed by atoms with van der Waals surface area (Å²) < 4.78 is 28.4. The molecule has 0 spiro atoms. The predicted octanol–water partition coefficient (Wildman–Crippen LogP) is 3.75. The van der Waals surface area contributed by atoms with Crippen LogP contribution in [0.15, 0.2) is 76.1 Å². The third-order valence-electron chi connectivity index (χ3n) is 4.96. The molecule has 0 bridgehead atoms. The predicted molar refractivity (Wildman–Crippen MR) is 113 cm³/mol. The van der Waals surface area contributed by atoms with Crippen LogP contribution in [0.3, 0.4) is 0 Å². The second kappa shape index (κ2) is 7.66. The van der Waals surface area contributed by atoms with Crippen molar-refractivity contribution in [3.63, 3.8) is 0 Å². The van der Waals surface area contributed by atoms with E-state index >= 15 is 0 Å². The lowest BCUT2D eigenvalue weighted by Gasteiger charge is -2.34. The van der Waals surface area contributed by atoms with Gasteiger partial charge >= 0.3 is 0 Å². The van der Waals surface area contributed by atoms with E-state index in [1.807, 2.05) is 42.5 Å². The average Bonchev–Trinajstić information content (AvgIpc) is 2.73. The number of piperazine rings is 1. The molecule has 144 valence electrons. The van der Waals surface area contributed by atoms with Crippen molar-refractivity contribution in [2.75, 3.05) is 26.2 Å². The van der Waals surface area contributed by atoms with Crippen LogP contribution in [0.5, 0.6) is 0 Å². The van der Waals surface area contributed by atoms with Gasteiger partial charge in [-0.05, 0) is 41.1 Å². The van der Waals surface area contributed by atoms with Gasteiger partial charge in [-0.25, -0.2) is 8.42 Å². The Morgan fingerprint density at radius 2 is 1.54 bits per heavy atom. The number of sulfonamides is 1. The Morgan fingerprint density at radius 1 is 0.821 bits per heavy atom. The molecule has 1 fully saturated rings. The number of fused-ring (bicyclic) bond motifs is 1. The fraction of sp³-hybridized carbons (Fsp3) is 0.190. The summed E-state index contributed by atoms with van der Waals surface area (Å²) in [5, 5.41) is 1.90. The molecule has 0 aromatic heterocycles. The van der Waals surface area contributed by atoms with Gasteiger partial charge in [0.25, 0.3) is 5.91 Å². The molecule has 0 aliphatic carbocycles. The number of carbonyl (C=O) groups excluding carboxylic acids is 1. The molecule has 1 aliphatic rings. The van der Waals surface area contributed by atoms with Gasteiger partial charge in [0.1, 0.15) is 0 Å². The molecule has 3 aromatic rings. The molecule has 4 rings (SSSR count). The normalized spacial score (nSPS) is 15.7. The van der Waals surface area contributed by atoms with Crippen molar-refractivity contribution in [1.82, 2.24) is 9.21 Å². The first-order valence-electron chi connectivity index (χ1n) is 8.99. The molecule has 5 nitrogen and oxygen atoms in total. The first-order chi connectivity index (χ1) is 13.4. The fourth-order valence-corrected chi connectivity index (χ4v) is 5.27. The molecule has 0 atom stereocenters. The minimum absolute atomic E-state index is 0.0796.